The smallest absolute Gasteiger partial charge is 0.262 e. The Kier molecular flexibility index (Phi) is 7.44. The minimum absolute atomic E-state index is 0.108. The number of nitrogens with one attached hydrogen (secondary N) is 2. The number of hydrogen-bond acceptors (Lipinski definition) is 3. The SMILES string of the molecule is CCc1cccc(CC)c1NC(=O)c1ccc(OCC(=O)Nc2ccccc2C)cc1. The summed E-state index contributed by atoms with van der Waals surface area (Å²) in [5.74, 6) is 0.124. The normalized spacial score (nSPS) is 10.4. The van der Waals surface area contributed by atoms with Gasteiger partial charge in [0.2, 0.25) is 0 Å². The van der Waals surface area contributed by atoms with E-state index >= 15 is 0 Å². The molecule has 3 aromatic rings. The zero-order valence-corrected chi connectivity index (χ0v) is 18.2. The molecule has 0 saturated heterocycles. The maximum Gasteiger partial charge on any atom is 0.262 e. The first-order valence-electron chi connectivity index (χ1n) is 10.5. The number of rotatable bonds is 8. The van der Waals surface area contributed by atoms with Crippen LogP contribution in [0.2, 0.25) is 0 Å². The van der Waals surface area contributed by atoms with Crippen LogP contribution in [0.15, 0.2) is 66.7 Å². The van der Waals surface area contributed by atoms with Crippen LogP contribution in [0.25, 0.3) is 0 Å². The zero-order chi connectivity index (χ0) is 22.2. The summed E-state index contributed by atoms with van der Waals surface area (Å²) >= 11 is 0. The maximum absolute atomic E-state index is 12.7. The van der Waals surface area contributed by atoms with Crippen LogP contribution in [0.5, 0.6) is 5.75 Å². The minimum Gasteiger partial charge on any atom is -0.484 e. The Bertz CT molecular complexity index is 1040. The van der Waals surface area contributed by atoms with Gasteiger partial charge in [0.1, 0.15) is 5.75 Å². The Balaban J connectivity index is 1.59. The molecule has 0 aromatic heterocycles. The number of carbonyl (C=O) groups is 2. The molecule has 0 fully saturated rings. The van der Waals surface area contributed by atoms with Gasteiger partial charge in [0.25, 0.3) is 11.8 Å². The number of aryl methyl sites for hydroxylation is 3. The summed E-state index contributed by atoms with van der Waals surface area (Å²) in [5, 5.41) is 5.89. The second-order valence-electron chi connectivity index (χ2n) is 7.29. The van der Waals surface area contributed by atoms with Gasteiger partial charge >= 0.3 is 0 Å². The van der Waals surface area contributed by atoms with Gasteiger partial charge in [-0.15, -0.1) is 0 Å². The number of anilines is 2. The van der Waals surface area contributed by atoms with Crippen molar-refractivity contribution in [3.63, 3.8) is 0 Å². The quantitative estimate of drug-likeness (QED) is 0.517. The third-order valence-corrected chi connectivity index (χ3v) is 5.14. The topological polar surface area (TPSA) is 67.4 Å². The van der Waals surface area contributed by atoms with Crippen LogP contribution >= 0.6 is 0 Å². The number of amides is 2. The first-order chi connectivity index (χ1) is 15.0. The van der Waals surface area contributed by atoms with Crippen LogP contribution in [-0.4, -0.2) is 18.4 Å². The summed E-state index contributed by atoms with van der Waals surface area (Å²) in [6, 6.07) is 20.5. The molecule has 0 heterocycles. The number of hydrogen-bond donors (Lipinski definition) is 2. The van der Waals surface area contributed by atoms with Crippen molar-refractivity contribution in [2.45, 2.75) is 33.6 Å². The molecule has 0 aliphatic rings. The van der Waals surface area contributed by atoms with E-state index in [4.69, 9.17) is 4.74 Å². The van der Waals surface area contributed by atoms with E-state index in [1.54, 1.807) is 24.3 Å². The van der Waals surface area contributed by atoms with Crippen LogP contribution in [0.1, 0.15) is 40.9 Å². The van der Waals surface area contributed by atoms with Crippen molar-refractivity contribution < 1.29 is 14.3 Å². The molecule has 5 heteroatoms. The lowest BCUT2D eigenvalue weighted by Gasteiger charge is -2.14. The van der Waals surface area contributed by atoms with Gasteiger partial charge in [-0.3, -0.25) is 9.59 Å². The lowest BCUT2D eigenvalue weighted by atomic mass is 10.0. The van der Waals surface area contributed by atoms with Gasteiger partial charge in [0.15, 0.2) is 6.61 Å². The third-order valence-electron chi connectivity index (χ3n) is 5.14. The van der Waals surface area contributed by atoms with E-state index in [9.17, 15) is 9.59 Å². The van der Waals surface area contributed by atoms with Crippen LogP contribution in [-0.2, 0) is 17.6 Å². The van der Waals surface area contributed by atoms with Gasteiger partial charge in [0.05, 0.1) is 0 Å². The molecule has 2 amide bonds. The predicted octanol–water partition coefficient (Wildman–Crippen LogP) is 5.39. The number of para-hydroxylation sites is 2. The van der Waals surface area contributed by atoms with E-state index in [2.05, 4.69) is 24.5 Å². The molecule has 0 radical (unpaired) electrons. The fraction of sp³-hybridized carbons (Fsp3) is 0.231. The van der Waals surface area contributed by atoms with Gasteiger partial charge in [-0.1, -0.05) is 50.2 Å². The highest BCUT2D eigenvalue weighted by molar-refractivity contribution is 6.05. The summed E-state index contributed by atoms with van der Waals surface area (Å²) in [4.78, 5) is 24.9. The molecular formula is C26H28N2O3. The lowest BCUT2D eigenvalue weighted by Crippen LogP contribution is -2.20. The van der Waals surface area contributed by atoms with Crippen molar-refractivity contribution in [2.24, 2.45) is 0 Å². The van der Waals surface area contributed by atoms with Gasteiger partial charge < -0.3 is 15.4 Å². The molecule has 0 atom stereocenters. The zero-order valence-electron chi connectivity index (χ0n) is 18.2. The first kappa shape index (κ1) is 22.1. The second kappa shape index (κ2) is 10.4. The van der Waals surface area contributed by atoms with Gasteiger partial charge in [-0.25, -0.2) is 0 Å². The maximum atomic E-state index is 12.7. The molecule has 3 rings (SSSR count). The Morgan fingerprint density at radius 3 is 2.06 bits per heavy atom. The van der Waals surface area contributed by atoms with E-state index < -0.39 is 0 Å². The van der Waals surface area contributed by atoms with Crippen molar-refractivity contribution >= 4 is 23.2 Å². The van der Waals surface area contributed by atoms with Crippen molar-refractivity contribution in [3.05, 3.63) is 89.0 Å². The van der Waals surface area contributed by atoms with E-state index in [0.29, 0.717) is 11.3 Å². The van der Waals surface area contributed by atoms with E-state index in [1.807, 2.05) is 49.4 Å². The summed E-state index contributed by atoms with van der Waals surface area (Å²) in [6.45, 7) is 5.98. The highest BCUT2D eigenvalue weighted by atomic mass is 16.5. The third kappa shape index (κ3) is 5.72. The fourth-order valence-electron chi connectivity index (χ4n) is 3.34. The van der Waals surface area contributed by atoms with Crippen LogP contribution in [0, 0.1) is 6.92 Å². The molecular weight excluding hydrogens is 388 g/mol. The average Bonchev–Trinajstić information content (AvgIpc) is 2.79. The average molecular weight is 417 g/mol. The highest BCUT2D eigenvalue weighted by Crippen LogP contribution is 2.24. The monoisotopic (exact) mass is 416 g/mol. The standard InChI is InChI=1S/C26H28N2O3/c1-4-19-10-8-11-20(5-2)25(19)28-26(30)21-13-15-22(16-14-21)31-17-24(29)27-23-12-7-6-9-18(23)3/h6-16H,4-5,17H2,1-3H3,(H,27,29)(H,28,30). The predicted molar refractivity (Wildman–Crippen MR) is 125 cm³/mol. The molecule has 0 unspecified atom stereocenters. The second-order valence-corrected chi connectivity index (χ2v) is 7.29. The molecule has 0 bridgehead atoms. The molecule has 0 saturated carbocycles. The van der Waals surface area contributed by atoms with Gasteiger partial charge in [-0.05, 0) is 66.8 Å². The number of benzene rings is 3. The molecule has 5 nitrogen and oxygen atoms in total. The molecule has 0 aliphatic carbocycles. The van der Waals surface area contributed by atoms with Crippen molar-refractivity contribution in [2.75, 3.05) is 17.2 Å². The Morgan fingerprint density at radius 1 is 0.806 bits per heavy atom. The van der Waals surface area contributed by atoms with E-state index in [0.717, 1.165) is 40.9 Å². The fourth-order valence-corrected chi connectivity index (χ4v) is 3.34. The van der Waals surface area contributed by atoms with Crippen LogP contribution < -0.4 is 15.4 Å². The summed E-state index contributed by atoms with van der Waals surface area (Å²) in [6.07, 6.45) is 1.70. The van der Waals surface area contributed by atoms with Crippen LogP contribution in [0.3, 0.4) is 0 Å². The molecule has 0 aliphatic heterocycles. The van der Waals surface area contributed by atoms with Gasteiger partial charge in [0, 0.05) is 16.9 Å². The minimum atomic E-state index is -0.237. The molecule has 160 valence electrons. The molecule has 2 N–H and O–H groups in total. The van der Waals surface area contributed by atoms with Crippen molar-refractivity contribution in [1.29, 1.82) is 0 Å². The Hall–Kier alpha value is -3.60. The summed E-state index contributed by atoms with van der Waals surface area (Å²) in [7, 11) is 0. The molecule has 31 heavy (non-hydrogen) atoms. The molecule has 3 aromatic carbocycles. The van der Waals surface area contributed by atoms with E-state index in [-0.39, 0.29) is 18.4 Å². The Labute approximate surface area is 183 Å². The van der Waals surface area contributed by atoms with Crippen molar-refractivity contribution in [3.8, 4) is 5.75 Å². The highest BCUT2D eigenvalue weighted by Gasteiger charge is 2.12. The Morgan fingerprint density at radius 2 is 1.45 bits per heavy atom. The van der Waals surface area contributed by atoms with E-state index in [1.165, 1.54) is 0 Å². The van der Waals surface area contributed by atoms with Crippen molar-refractivity contribution in [1.82, 2.24) is 0 Å². The number of carbonyl (C=O) groups excluding carboxylic acids is 2. The van der Waals surface area contributed by atoms with Gasteiger partial charge in [-0.2, -0.15) is 0 Å². The van der Waals surface area contributed by atoms with Crippen LogP contribution in [0.4, 0.5) is 11.4 Å². The summed E-state index contributed by atoms with van der Waals surface area (Å²) < 4.78 is 5.56. The summed E-state index contributed by atoms with van der Waals surface area (Å²) in [5.41, 5.74) is 5.42. The lowest BCUT2D eigenvalue weighted by molar-refractivity contribution is -0.118. The largest absolute Gasteiger partial charge is 0.484 e. The number of ether oxygens (including phenoxy) is 1. The molecule has 0 spiro atoms. The first-order valence-corrected chi connectivity index (χ1v) is 10.5.